The van der Waals surface area contributed by atoms with Crippen LogP contribution in [0.2, 0.25) is 0 Å². The molecule has 0 amide bonds. The third kappa shape index (κ3) is 4.37. The first-order valence-electron chi connectivity index (χ1n) is 8.58. The Labute approximate surface area is 140 Å². The van der Waals surface area contributed by atoms with E-state index in [9.17, 15) is 9.67 Å². The van der Waals surface area contributed by atoms with Crippen LogP contribution in [0.4, 0.5) is 5.69 Å². The molecule has 0 spiro atoms. The van der Waals surface area contributed by atoms with Crippen molar-refractivity contribution < 1.29 is 14.2 Å². The Morgan fingerprint density at radius 1 is 1.13 bits per heavy atom. The third-order valence-corrected chi connectivity index (χ3v) is 7.45. The molecule has 0 bridgehead atoms. The normalized spacial score (nSPS) is 20.3. The van der Waals surface area contributed by atoms with E-state index in [1.54, 1.807) is 0 Å². The van der Waals surface area contributed by atoms with Crippen molar-refractivity contribution in [2.45, 2.75) is 57.9 Å². The minimum absolute atomic E-state index is 0.00323. The second kappa shape index (κ2) is 7.83. The lowest BCUT2D eigenvalue weighted by Gasteiger charge is -2.32. The highest BCUT2D eigenvalue weighted by atomic mass is 31.2. The van der Waals surface area contributed by atoms with Crippen molar-refractivity contribution in [3.05, 3.63) is 24.3 Å². The van der Waals surface area contributed by atoms with Crippen molar-refractivity contribution in [1.82, 2.24) is 0 Å². The van der Waals surface area contributed by atoms with Gasteiger partial charge in [-0.25, -0.2) is 0 Å². The van der Waals surface area contributed by atoms with Gasteiger partial charge in [-0.2, -0.15) is 0 Å². The Balaban J connectivity index is 2.30. The second-order valence-corrected chi connectivity index (χ2v) is 9.48. The van der Waals surface area contributed by atoms with E-state index in [-0.39, 0.29) is 12.0 Å². The fraction of sp³-hybridized carbons (Fsp3) is 0.667. The van der Waals surface area contributed by atoms with Crippen LogP contribution in [0.25, 0.3) is 0 Å². The smallest absolute Gasteiger partial charge is 0.260 e. The van der Waals surface area contributed by atoms with Gasteiger partial charge in [-0.05, 0) is 43.0 Å². The quantitative estimate of drug-likeness (QED) is 0.797. The molecule has 1 aromatic rings. The maximum atomic E-state index is 13.6. The zero-order valence-corrected chi connectivity index (χ0v) is 15.6. The summed E-state index contributed by atoms with van der Waals surface area (Å²) in [6, 6.07) is 7.54. The minimum Gasteiger partial charge on any atom is -0.382 e. The lowest BCUT2D eigenvalue weighted by atomic mass is 9.98. The summed E-state index contributed by atoms with van der Waals surface area (Å²) in [6.45, 7) is 3.77. The van der Waals surface area contributed by atoms with E-state index in [4.69, 9.17) is 4.52 Å². The van der Waals surface area contributed by atoms with Crippen LogP contribution in [0, 0.1) is 5.92 Å². The summed E-state index contributed by atoms with van der Waals surface area (Å²) in [5.74, 6) is -1.08. The number of nitrogens with zero attached hydrogens (tertiary/aromatic N) is 1. The molecule has 2 unspecified atom stereocenters. The first-order chi connectivity index (χ1) is 10.8. The van der Waals surface area contributed by atoms with E-state index in [2.05, 4.69) is 0 Å². The monoisotopic (exact) mass is 339 g/mol. The van der Waals surface area contributed by atoms with Gasteiger partial charge in [0.15, 0.2) is 0 Å². The lowest BCUT2D eigenvalue weighted by molar-refractivity contribution is 0.123. The van der Waals surface area contributed by atoms with Crippen LogP contribution in [0.1, 0.15) is 46.0 Å². The van der Waals surface area contributed by atoms with Gasteiger partial charge in [-0.15, -0.1) is 0 Å². The highest BCUT2D eigenvalue weighted by molar-refractivity contribution is 7.67. The van der Waals surface area contributed by atoms with Crippen LogP contribution in [0.3, 0.4) is 0 Å². The Bertz CT molecular complexity index is 536. The van der Waals surface area contributed by atoms with Crippen molar-refractivity contribution >= 4 is 18.4 Å². The molecular formula is C18H30NO3P. The van der Waals surface area contributed by atoms with Crippen LogP contribution in [0.15, 0.2) is 24.3 Å². The Morgan fingerprint density at radius 2 is 1.70 bits per heavy atom. The summed E-state index contributed by atoms with van der Waals surface area (Å²) < 4.78 is 19.7. The number of aliphatic hydroxyl groups is 1. The van der Waals surface area contributed by atoms with Crippen molar-refractivity contribution in [2.75, 3.05) is 19.0 Å². The number of hydrogen-bond acceptors (Lipinski definition) is 4. The molecule has 130 valence electrons. The third-order valence-electron chi connectivity index (χ3n) is 4.53. The number of anilines is 1. The predicted octanol–water partition coefficient (Wildman–Crippen LogP) is 3.98. The van der Waals surface area contributed by atoms with Gasteiger partial charge in [0.1, 0.15) is 5.85 Å². The average molecular weight is 339 g/mol. The van der Waals surface area contributed by atoms with Crippen LogP contribution < -0.4 is 10.2 Å². The summed E-state index contributed by atoms with van der Waals surface area (Å²) in [7, 11) is 0.636. The van der Waals surface area contributed by atoms with Crippen LogP contribution in [0.5, 0.6) is 0 Å². The molecule has 0 aromatic heterocycles. The van der Waals surface area contributed by atoms with Gasteiger partial charge in [0, 0.05) is 25.1 Å². The summed E-state index contributed by atoms with van der Waals surface area (Å²) in [5, 5.41) is 11.2. The molecule has 1 fully saturated rings. The van der Waals surface area contributed by atoms with E-state index < -0.39 is 13.2 Å². The lowest BCUT2D eigenvalue weighted by Crippen LogP contribution is -2.28. The van der Waals surface area contributed by atoms with Gasteiger partial charge in [0.2, 0.25) is 0 Å². The molecule has 1 aliphatic rings. The van der Waals surface area contributed by atoms with Gasteiger partial charge < -0.3 is 14.5 Å². The van der Waals surface area contributed by atoms with Gasteiger partial charge in [0.05, 0.1) is 6.10 Å². The van der Waals surface area contributed by atoms with Gasteiger partial charge >= 0.3 is 0 Å². The molecule has 0 heterocycles. The molecule has 1 aliphatic carbocycles. The zero-order chi connectivity index (χ0) is 17.0. The SMILES string of the molecule is CC(C)C(O)P(=O)(OC1CCCCC1)c1ccc(N(C)C)cc1. The summed E-state index contributed by atoms with van der Waals surface area (Å²) >= 11 is 0. The number of rotatable bonds is 6. The van der Waals surface area contributed by atoms with Crippen molar-refractivity contribution in [3.8, 4) is 0 Å². The molecule has 1 saturated carbocycles. The molecule has 23 heavy (non-hydrogen) atoms. The van der Waals surface area contributed by atoms with Crippen molar-refractivity contribution in [3.63, 3.8) is 0 Å². The van der Waals surface area contributed by atoms with E-state index >= 15 is 0 Å². The maximum Gasteiger partial charge on any atom is 0.260 e. The highest BCUT2D eigenvalue weighted by Crippen LogP contribution is 2.54. The van der Waals surface area contributed by atoms with Gasteiger partial charge in [-0.1, -0.05) is 33.1 Å². The Hall–Kier alpha value is -0.830. The molecule has 2 rings (SSSR count). The largest absolute Gasteiger partial charge is 0.382 e. The molecule has 0 aliphatic heterocycles. The first kappa shape index (κ1) is 18.5. The minimum atomic E-state index is -3.30. The topological polar surface area (TPSA) is 49.8 Å². The number of hydrogen-bond donors (Lipinski definition) is 1. The fourth-order valence-corrected chi connectivity index (χ4v) is 5.57. The molecular weight excluding hydrogens is 309 g/mol. The Kier molecular flexibility index (Phi) is 6.30. The predicted molar refractivity (Wildman–Crippen MR) is 96.8 cm³/mol. The standard InChI is InChI=1S/C18H30NO3P/c1-14(2)18(20)23(21,22-16-8-6-5-7-9-16)17-12-10-15(11-13-17)19(3)4/h10-14,16,18,20H,5-9H2,1-4H3. The fourth-order valence-electron chi connectivity index (χ4n) is 3.02. The second-order valence-electron chi connectivity index (χ2n) is 7.03. The van der Waals surface area contributed by atoms with E-state index in [1.165, 1.54) is 6.42 Å². The van der Waals surface area contributed by atoms with E-state index in [0.717, 1.165) is 31.4 Å². The van der Waals surface area contributed by atoms with Crippen molar-refractivity contribution in [1.29, 1.82) is 0 Å². The van der Waals surface area contributed by atoms with E-state index in [1.807, 2.05) is 57.1 Å². The first-order valence-corrected chi connectivity index (χ1v) is 10.3. The van der Waals surface area contributed by atoms with Gasteiger partial charge in [0.25, 0.3) is 7.37 Å². The molecule has 2 atom stereocenters. The summed E-state index contributed by atoms with van der Waals surface area (Å²) in [4.78, 5) is 2.00. The molecule has 0 saturated heterocycles. The number of benzene rings is 1. The Morgan fingerprint density at radius 3 is 2.17 bits per heavy atom. The summed E-state index contributed by atoms with van der Waals surface area (Å²) in [5.41, 5.74) is 1.04. The van der Waals surface area contributed by atoms with Crippen LogP contribution >= 0.6 is 7.37 Å². The zero-order valence-electron chi connectivity index (χ0n) is 14.7. The number of aliphatic hydroxyl groups excluding tert-OH is 1. The highest BCUT2D eigenvalue weighted by Gasteiger charge is 2.39. The van der Waals surface area contributed by atoms with Crippen LogP contribution in [-0.2, 0) is 9.09 Å². The maximum absolute atomic E-state index is 13.6. The molecule has 4 nitrogen and oxygen atoms in total. The van der Waals surface area contributed by atoms with Crippen molar-refractivity contribution in [2.24, 2.45) is 5.92 Å². The molecule has 1 N–H and O–H groups in total. The van der Waals surface area contributed by atoms with E-state index in [0.29, 0.717) is 5.30 Å². The molecule has 5 heteroatoms. The molecule has 0 radical (unpaired) electrons. The van der Waals surface area contributed by atoms with Crippen LogP contribution in [-0.4, -0.2) is 31.2 Å². The molecule has 1 aromatic carbocycles. The summed E-state index contributed by atoms with van der Waals surface area (Å²) in [6.07, 6.45) is 5.31. The average Bonchev–Trinajstić information content (AvgIpc) is 2.55. The van der Waals surface area contributed by atoms with Gasteiger partial charge in [-0.3, -0.25) is 4.57 Å².